The van der Waals surface area contributed by atoms with Crippen LogP contribution in [0.2, 0.25) is 0 Å². The van der Waals surface area contributed by atoms with E-state index in [9.17, 15) is 14.7 Å². The molecule has 1 aromatic rings. The summed E-state index contributed by atoms with van der Waals surface area (Å²) in [5.74, 6) is -2.28. The molecule has 2 atom stereocenters. The van der Waals surface area contributed by atoms with Gasteiger partial charge in [0.2, 0.25) is 5.91 Å². The number of carbonyl (C=O) groups excluding carboxylic acids is 1. The number of nitrogens with zero attached hydrogens (tertiary/aromatic N) is 1. The van der Waals surface area contributed by atoms with Crippen LogP contribution in [0.3, 0.4) is 0 Å². The van der Waals surface area contributed by atoms with Crippen molar-refractivity contribution in [3.05, 3.63) is 35.9 Å². The van der Waals surface area contributed by atoms with E-state index >= 15 is 0 Å². The Bertz CT molecular complexity index is 676. The van der Waals surface area contributed by atoms with Crippen molar-refractivity contribution < 1.29 is 19.4 Å². The number of benzene rings is 1. The highest BCUT2D eigenvalue weighted by Crippen LogP contribution is 2.30. The molecule has 2 rings (SSSR count). The van der Waals surface area contributed by atoms with Gasteiger partial charge in [0.1, 0.15) is 5.75 Å². The number of ether oxygens (including phenoxy) is 1. The minimum Gasteiger partial charge on any atom is -0.492 e. The van der Waals surface area contributed by atoms with E-state index in [2.05, 4.69) is 5.32 Å². The fourth-order valence-corrected chi connectivity index (χ4v) is 2.58. The van der Waals surface area contributed by atoms with Gasteiger partial charge in [0.25, 0.3) is 0 Å². The largest absolute Gasteiger partial charge is 0.492 e. The van der Waals surface area contributed by atoms with Crippen molar-refractivity contribution >= 4 is 17.6 Å². The van der Waals surface area contributed by atoms with Crippen molar-refractivity contribution in [3.63, 3.8) is 0 Å². The van der Waals surface area contributed by atoms with Gasteiger partial charge in [-0.25, -0.2) is 0 Å². The third-order valence-electron chi connectivity index (χ3n) is 3.75. The highest BCUT2D eigenvalue weighted by Gasteiger charge is 2.34. The molecule has 0 aliphatic heterocycles. The van der Waals surface area contributed by atoms with Crippen LogP contribution in [-0.2, 0) is 9.59 Å². The zero-order chi connectivity index (χ0) is 16.8. The van der Waals surface area contributed by atoms with Crippen LogP contribution in [0.15, 0.2) is 30.4 Å². The lowest BCUT2D eigenvalue weighted by Gasteiger charge is -2.24. The van der Waals surface area contributed by atoms with Crippen LogP contribution in [0.4, 0.5) is 5.69 Å². The summed E-state index contributed by atoms with van der Waals surface area (Å²) in [6.07, 6.45) is 4.32. The maximum absolute atomic E-state index is 12.5. The van der Waals surface area contributed by atoms with Crippen LogP contribution in [0.1, 0.15) is 25.3 Å². The van der Waals surface area contributed by atoms with Gasteiger partial charge in [0.15, 0.2) is 0 Å². The zero-order valence-corrected chi connectivity index (χ0v) is 12.8. The van der Waals surface area contributed by atoms with Crippen LogP contribution in [-0.4, -0.2) is 23.6 Å². The fourth-order valence-electron chi connectivity index (χ4n) is 2.58. The molecule has 0 fully saturated rings. The normalized spacial score (nSPS) is 19.7. The Hall–Kier alpha value is -2.81. The molecule has 0 radical (unpaired) electrons. The second-order valence-corrected chi connectivity index (χ2v) is 5.24. The maximum Gasteiger partial charge on any atom is 0.307 e. The first-order valence-corrected chi connectivity index (χ1v) is 7.42. The second-order valence-electron chi connectivity index (χ2n) is 5.24. The number of carboxylic acids is 1. The lowest BCUT2D eigenvalue weighted by molar-refractivity contribution is -0.146. The van der Waals surface area contributed by atoms with Crippen molar-refractivity contribution in [3.8, 4) is 11.8 Å². The Morgan fingerprint density at radius 3 is 2.65 bits per heavy atom. The summed E-state index contributed by atoms with van der Waals surface area (Å²) in [5, 5.41) is 21.0. The van der Waals surface area contributed by atoms with Crippen LogP contribution in [0.5, 0.6) is 5.75 Å². The van der Waals surface area contributed by atoms with Gasteiger partial charge in [0, 0.05) is 0 Å². The average Bonchev–Trinajstić information content (AvgIpc) is 2.56. The van der Waals surface area contributed by atoms with Crippen molar-refractivity contribution in [1.82, 2.24) is 0 Å². The molecule has 6 heteroatoms. The highest BCUT2D eigenvalue weighted by molar-refractivity contribution is 5.96. The lowest BCUT2D eigenvalue weighted by atomic mass is 9.82. The zero-order valence-electron chi connectivity index (χ0n) is 12.8. The van der Waals surface area contributed by atoms with Gasteiger partial charge in [-0.2, -0.15) is 5.26 Å². The van der Waals surface area contributed by atoms with Crippen LogP contribution >= 0.6 is 0 Å². The second kappa shape index (κ2) is 7.45. The molecule has 0 unspecified atom stereocenters. The number of amides is 1. The van der Waals surface area contributed by atoms with E-state index in [1.807, 2.05) is 19.1 Å². The van der Waals surface area contributed by atoms with Crippen molar-refractivity contribution in [2.75, 3.05) is 11.9 Å². The molecule has 1 aliphatic carbocycles. The monoisotopic (exact) mass is 314 g/mol. The van der Waals surface area contributed by atoms with E-state index in [4.69, 9.17) is 10.00 Å². The Morgan fingerprint density at radius 2 is 2.04 bits per heavy atom. The number of nitriles is 1. The number of allylic oxidation sites excluding steroid dienone is 2. The third-order valence-corrected chi connectivity index (χ3v) is 3.75. The smallest absolute Gasteiger partial charge is 0.307 e. The molecule has 1 aliphatic rings. The van der Waals surface area contributed by atoms with E-state index in [1.54, 1.807) is 18.2 Å². The number of rotatable bonds is 5. The van der Waals surface area contributed by atoms with E-state index in [0.29, 0.717) is 36.4 Å². The first-order chi connectivity index (χ1) is 11.1. The molecule has 2 N–H and O–H groups in total. The van der Waals surface area contributed by atoms with Gasteiger partial charge in [-0.05, 0) is 38.0 Å². The van der Waals surface area contributed by atoms with E-state index in [-0.39, 0.29) is 5.91 Å². The Kier molecular flexibility index (Phi) is 5.36. The molecule has 120 valence electrons. The van der Waals surface area contributed by atoms with Gasteiger partial charge in [-0.3, -0.25) is 9.59 Å². The Balaban J connectivity index is 2.23. The number of hydrogen-bond acceptors (Lipinski definition) is 4. The fraction of sp³-hybridized carbons (Fsp3) is 0.353. The summed E-state index contributed by atoms with van der Waals surface area (Å²) in [7, 11) is 0. The summed E-state index contributed by atoms with van der Waals surface area (Å²) < 4.78 is 5.44. The van der Waals surface area contributed by atoms with Gasteiger partial charge in [-0.15, -0.1) is 0 Å². The standard InChI is InChI=1S/C17H18N2O4/c1-2-23-15-8-7-11(10-18)9-14(15)19-16(20)12-5-3-4-6-13(12)17(21)22/h3-4,7-9,12-13H,2,5-6H2,1H3,(H,19,20)(H,21,22)/t12-,13+/m0/s1. The molecule has 0 aromatic heterocycles. The summed E-state index contributed by atoms with van der Waals surface area (Å²) in [6.45, 7) is 2.23. The minimum absolute atomic E-state index is 0.337. The SMILES string of the molecule is CCOc1ccc(C#N)cc1NC(=O)[C@H]1CC=CC[C@H]1C(=O)O. The molecule has 0 spiro atoms. The quantitative estimate of drug-likeness (QED) is 0.814. The van der Waals surface area contributed by atoms with E-state index in [1.165, 1.54) is 6.07 Å². The lowest BCUT2D eigenvalue weighted by Crippen LogP contribution is -2.34. The van der Waals surface area contributed by atoms with Gasteiger partial charge in [-0.1, -0.05) is 12.2 Å². The number of nitrogens with one attached hydrogen (secondary N) is 1. The molecule has 0 heterocycles. The molecule has 6 nitrogen and oxygen atoms in total. The predicted octanol–water partition coefficient (Wildman–Crippen LogP) is 2.56. The van der Waals surface area contributed by atoms with E-state index in [0.717, 1.165) is 0 Å². The maximum atomic E-state index is 12.5. The molecule has 0 saturated carbocycles. The van der Waals surface area contributed by atoms with Crippen LogP contribution < -0.4 is 10.1 Å². The predicted molar refractivity (Wildman–Crippen MR) is 83.9 cm³/mol. The number of carbonyl (C=O) groups is 2. The molecule has 1 amide bonds. The molecule has 1 aromatic carbocycles. The molecule has 23 heavy (non-hydrogen) atoms. The van der Waals surface area contributed by atoms with Crippen molar-refractivity contribution in [2.45, 2.75) is 19.8 Å². The average molecular weight is 314 g/mol. The topological polar surface area (TPSA) is 99.4 Å². The molecule has 0 saturated heterocycles. The number of anilines is 1. The molecular formula is C17H18N2O4. The Labute approximate surface area is 134 Å². The molecular weight excluding hydrogens is 296 g/mol. The summed E-state index contributed by atoms with van der Waals surface area (Å²) in [5.41, 5.74) is 0.775. The van der Waals surface area contributed by atoms with Crippen LogP contribution in [0, 0.1) is 23.2 Å². The summed E-state index contributed by atoms with van der Waals surface area (Å²) in [6, 6.07) is 6.75. The van der Waals surface area contributed by atoms with E-state index < -0.39 is 17.8 Å². The van der Waals surface area contributed by atoms with Gasteiger partial charge < -0.3 is 15.2 Å². The van der Waals surface area contributed by atoms with Crippen molar-refractivity contribution in [1.29, 1.82) is 5.26 Å². The Morgan fingerprint density at radius 1 is 1.35 bits per heavy atom. The van der Waals surface area contributed by atoms with Crippen molar-refractivity contribution in [2.24, 2.45) is 11.8 Å². The number of hydrogen-bond donors (Lipinski definition) is 2. The number of carboxylic acid groups (broad SMARTS) is 1. The first-order valence-electron chi connectivity index (χ1n) is 7.42. The summed E-state index contributed by atoms with van der Waals surface area (Å²) >= 11 is 0. The first kappa shape index (κ1) is 16.6. The van der Waals surface area contributed by atoms with Gasteiger partial charge in [0.05, 0.1) is 35.8 Å². The minimum atomic E-state index is -0.981. The summed E-state index contributed by atoms with van der Waals surface area (Å²) in [4.78, 5) is 23.8. The van der Waals surface area contributed by atoms with Crippen LogP contribution in [0.25, 0.3) is 0 Å². The van der Waals surface area contributed by atoms with Gasteiger partial charge >= 0.3 is 5.97 Å². The number of aliphatic carboxylic acids is 1. The highest BCUT2D eigenvalue weighted by atomic mass is 16.5. The third kappa shape index (κ3) is 3.89. The molecule has 0 bridgehead atoms.